The molecular weight excluding hydrogens is 434 g/mol. The Labute approximate surface area is 178 Å². The first-order chi connectivity index (χ1) is 14.3. The number of sulfonamides is 1. The highest BCUT2D eigenvalue weighted by Gasteiger charge is 2.26. The van der Waals surface area contributed by atoms with Gasteiger partial charge in [-0.15, -0.1) is 0 Å². The van der Waals surface area contributed by atoms with E-state index in [0.717, 1.165) is 23.3 Å². The summed E-state index contributed by atoms with van der Waals surface area (Å²) in [6.07, 6.45) is 3.19. The van der Waals surface area contributed by atoms with E-state index in [1.807, 2.05) is 31.2 Å². The van der Waals surface area contributed by atoms with E-state index >= 15 is 0 Å². The predicted molar refractivity (Wildman–Crippen MR) is 110 cm³/mol. The van der Waals surface area contributed by atoms with E-state index < -0.39 is 16.6 Å². The molecule has 0 aliphatic carbocycles. The molecule has 2 aromatic carbocycles. The Hall–Kier alpha value is -2.55. The molecule has 1 aromatic heterocycles. The molecule has 0 atom stereocenters. The van der Waals surface area contributed by atoms with Gasteiger partial charge in [-0.1, -0.05) is 41.9 Å². The average molecular weight is 453 g/mol. The molecule has 0 radical (unpaired) electrons. The van der Waals surface area contributed by atoms with Crippen molar-refractivity contribution in [2.75, 3.05) is 0 Å². The SMILES string of the molecule is Cc1ccccc1CN(Cc1cccnc1)S(=O)(=O)c1ccc(OC(F)F)c(Cl)c1. The van der Waals surface area contributed by atoms with Crippen LogP contribution < -0.4 is 4.74 Å². The van der Waals surface area contributed by atoms with Gasteiger partial charge in [0.1, 0.15) is 5.75 Å². The molecule has 5 nitrogen and oxygen atoms in total. The molecule has 0 unspecified atom stereocenters. The maximum absolute atomic E-state index is 13.4. The van der Waals surface area contributed by atoms with Crippen LogP contribution in [0.5, 0.6) is 5.75 Å². The number of alkyl halides is 2. The van der Waals surface area contributed by atoms with Gasteiger partial charge in [0, 0.05) is 25.5 Å². The van der Waals surface area contributed by atoms with Crippen LogP contribution in [0.3, 0.4) is 0 Å². The smallest absolute Gasteiger partial charge is 0.387 e. The van der Waals surface area contributed by atoms with Gasteiger partial charge >= 0.3 is 6.61 Å². The third-order valence-corrected chi connectivity index (χ3v) is 6.53. The second-order valence-corrected chi connectivity index (χ2v) is 8.88. The summed E-state index contributed by atoms with van der Waals surface area (Å²) in [6, 6.07) is 14.4. The quantitative estimate of drug-likeness (QED) is 0.480. The molecule has 0 saturated heterocycles. The third kappa shape index (κ3) is 5.33. The van der Waals surface area contributed by atoms with Crippen LogP contribution in [0.15, 0.2) is 71.9 Å². The van der Waals surface area contributed by atoms with Crippen LogP contribution in [0, 0.1) is 6.92 Å². The number of halogens is 3. The summed E-state index contributed by atoms with van der Waals surface area (Å²) < 4.78 is 57.3. The van der Waals surface area contributed by atoms with Crippen LogP contribution in [-0.2, 0) is 23.1 Å². The molecule has 0 spiro atoms. The monoisotopic (exact) mass is 452 g/mol. The van der Waals surface area contributed by atoms with Crippen molar-refractivity contribution in [1.29, 1.82) is 0 Å². The van der Waals surface area contributed by atoms with Crippen LogP contribution in [0.2, 0.25) is 5.02 Å². The highest BCUT2D eigenvalue weighted by Crippen LogP contribution is 2.31. The van der Waals surface area contributed by atoms with Crippen molar-refractivity contribution in [3.63, 3.8) is 0 Å². The van der Waals surface area contributed by atoms with Gasteiger partial charge in [0.05, 0.1) is 9.92 Å². The van der Waals surface area contributed by atoms with Crippen LogP contribution in [-0.4, -0.2) is 24.3 Å². The van der Waals surface area contributed by atoms with E-state index in [4.69, 9.17) is 11.6 Å². The Morgan fingerprint density at radius 2 is 1.87 bits per heavy atom. The first kappa shape index (κ1) is 22.1. The van der Waals surface area contributed by atoms with Crippen molar-refractivity contribution in [3.8, 4) is 5.75 Å². The first-order valence-electron chi connectivity index (χ1n) is 8.95. The van der Waals surface area contributed by atoms with Crippen LogP contribution in [0.1, 0.15) is 16.7 Å². The number of benzene rings is 2. The topological polar surface area (TPSA) is 59.5 Å². The Morgan fingerprint density at radius 3 is 2.50 bits per heavy atom. The molecular formula is C21H19ClF2N2O3S. The minimum absolute atomic E-state index is 0.0808. The van der Waals surface area contributed by atoms with E-state index in [2.05, 4.69) is 9.72 Å². The van der Waals surface area contributed by atoms with Crippen LogP contribution in [0.25, 0.3) is 0 Å². The molecule has 0 bridgehead atoms. The summed E-state index contributed by atoms with van der Waals surface area (Å²) in [7, 11) is -4.00. The van der Waals surface area contributed by atoms with Gasteiger partial charge in [-0.3, -0.25) is 4.98 Å². The van der Waals surface area contributed by atoms with Gasteiger partial charge in [-0.25, -0.2) is 8.42 Å². The molecule has 1 heterocycles. The fraction of sp³-hybridized carbons (Fsp3) is 0.190. The minimum Gasteiger partial charge on any atom is -0.433 e. The molecule has 3 aromatic rings. The Morgan fingerprint density at radius 1 is 1.10 bits per heavy atom. The number of ether oxygens (including phenoxy) is 1. The van der Waals surface area contributed by atoms with E-state index in [9.17, 15) is 17.2 Å². The zero-order chi connectivity index (χ0) is 21.7. The number of nitrogens with zero attached hydrogens (tertiary/aromatic N) is 2. The lowest BCUT2D eigenvalue weighted by molar-refractivity contribution is -0.0498. The van der Waals surface area contributed by atoms with Crippen molar-refractivity contribution in [1.82, 2.24) is 9.29 Å². The summed E-state index contributed by atoms with van der Waals surface area (Å²) in [4.78, 5) is 3.92. The number of aromatic nitrogens is 1. The van der Waals surface area contributed by atoms with Crippen molar-refractivity contribution < 1.29 is 21.9 Å². The molecule has 30 heavy (non-hydrogen) atoms. The number of rotatable bonds is 8. The van der Waals surface area contributed by atoms with Gasteiger partial charge in [0.25, 0.3) is 0 Å². The lowest BCUT2D eigenvalue weighted by atomic mass is 10.1. The lowest BCUT2D eigenvalue weighted by Gasteiger charge is -2.23. The van der Waals surface area contributed by atoms with E-state index in [1.54, 1.807) is 24.5 Å². The summed E-state index contributed by atoms with van der Waals surface area (Å²) >= 11 is 5.98. The Bertz CT molecular complexity index is 1110. The maximum Gasteiger partial charge on any atom is 0.387 e. The summed E-state index contributed by atoms with van der Waals surface area (Å²) in [5, 5.41) is -0.214. The third-order valence-electron chi connectivity index (χ3n) is 4.45. The van der Waals surface area contributed by atoms with Crippen molar-refractivity contribution in [2.24, 2.45) is 0 Å². The minimum atomic E-state index is -4.00. The van der Waals surface area contributed by atoms with Gasteiger partial charge < -0.3 is 4.74 Å². The summed E-state index contributed by atoms with van der Waals surface area (Å²) in [5.74, 6) is -0.289. The fourth-order valence-electron chi connectivity index (χ4n) is 2.88. The second kappa shape index (κ2) is 9.51. The lowest BCUT2D eigenvalue weighted by Crippen LogP contribution is -2.30. The average Bonchev–Trinajstić information content (AvgIpc) is 2.71. The standard InChI is InChI=1S/C21H19ClF2N2O3S/c1-15-5-2-3-7-17(15)14-26(13-16-6-4-10-25-12-16)30(27,28)18-8-9-20(19(22)11-18)29-21(23)24/h2-12,21H,13-14H2,1H3. The van der Waals surface area contributed by atoms with E-state index in [0.29, 0.717) is 5.56 Å². The van der Waals surface area contributed by atoms with Crippen LogP contribution in [0.4, 0.5) is 8.78 Å². The van der Waals surface area contributed by atoms with Crippen LogP contribution >= 0.6 is 11.6 Å². The highest BCUT2D eigenvalue weighted by atomic mass is 35.5. The number of hydrogen-bond acceptors (Lipinski definition) is 4. The molecule has 0 N–H and O–H groups in total. The van der Waals surface area contributed by atoms with Gasteiger partial charge in [0.2, 0.25) is 10.0 Å². The molecule has 3 rings (SSSR count). The molecule has 0 aliphatic rings. The number of aryl methyl sites for hydroxylation is 1. The molecule has 158 valence electrons. The number of hydrogen-bond donors (Lipinski definition) is 0. The molecule has 0 fully saturated rings. The first-order valence-corrected chi connectivity index (χ1v) is 10.8. The normalized spacial score (nSPS) is 11.8. The van der Waals surface area contributed by atoms with Gasteiger partial charge in [-0.2, -0.15) is 13.1 Å². The Balaban J connectivity index is 1.98. The molecule has 0 saturated carbocycles. The largest absolute Gasteiger partial charge is 0.433 e. The Kier molecular flexibility index (Phi) is 7.02. The molecule has 9 heteroatoms. The van der Waals surface area contributed by atoms with Gasteiger partial charge in [-0.05, 0) is 47.9 Å². The fourth-order valence-corrected chi connectivity index (χ4v) is 4.60. The predicted octanol–water partition coefficient (Wildman–Crippen LogP) is 5.04. The van der Waals surface area contributed by atoms with E-state index in [1.165, 1.54) is 10.4 Å². The second-order valence-electron chi connectivity index (χ2n) is 6.53. The number of pyridine rings is 1. The summed E-state index contributed by atoms with van der Waals surface area (Å²) in [5.41, 5.74) is 2.50. The van der Waals surface area contributed by atoms with E-state index in [-0.39, 0.29) is 28.8 Å². The molecule has 0 aliphatic heterocycles. The highest BCUT2D eigenvalue weighted by molar-refractivity contribution is 7.89. The maximum atomic E-state index is 13.4. The van der Waals surface area contributed by atoms with Crippen molar-refractivity contribution >= 4 is 21.6 Å². The van der Waals surface area contributed by atoms with Gasteiger partial charge in [0.15, 0.2) is 0 Å². The zero-order valence-corrected chi connectivity index (χ0v) is 17.6. The molecule has 0 amide bonds. The van der Waals surface area contributed by atoms with Crippen molar-refractivity contribution in [2.45, 2.75) is 31.5 Å². The van der Waals surface area contributed by atoms with Crippen molar-refractivity contribution in [3.05, 3.63) is 88.7 Å². The zero-order valence-electron chi connectivity index (χ0n) is 16.0. The summed E-state index contributed by atoms with van der Waals surface area (Å²) in [6.45, 7) is -0.959.